The highest BCUT2D eigenvalue weighted by Gasteiger charge is 2.15. The molecule has 6 aromatic carbocycles. The largest absolute Gasteiger partial charge is 0.226 e. The van der Waals surface area contributed by atoms with E-state index in [0.29, 0.717) is 32.8 Å². The molecule has 4 nitrogen and oxygen atoms in total. The zero-order valence-corrected chi connectivity index (χ0v) is 26.2. The Bertz CT molecular complexity index is 1800. The van der Waals surface area contributed by atoms with Crippen LogP contribution >= 0.6 is 23.2 Å². The van der Waals surface area contributed by atoms with Crippen molar-refractivity contribution in [1.29, 1.82) is 0 Å². The van der Waals surface area contributed by atoms with Gasteiger partial charge in [-0.15, -0.1) is 10.2 Å². The second-order valence-electron chi connectivity index (χ2n) is 10.2. The van der Waals surface area contributed by atoms with Gasteiger partial charge in [-0.3, -0.25) is 0 Å². The Balaban J connectivity index is 1.61. The van der Waals surface area contributed by atoms with E-state index in [9.17, 15) is 0 Å². The number of nitrogens with zero attached hydrogens (tertiary/aromatic N) is 4. The van der Waals surface area contributed by atoms with Gasteiger partial charge in [-0.05, 0) is 24.3 Å². The maximum absolute atomic E-state index is 6.75. The summed E-state index contributed by atoms with van der Waals surface area (Å²) in [5, 5.41) is 10.5. The van der Waals surface area contributed by atoms with Crippen molar-refractivity contribution in [2.24, 2.45) is 20.2 Å². The van der Waals surface area contributed by atoms with E-state index in [1.807, 2.05) is 170 Å². The summed E-state index contributed by atoms with van der Waals surface area (Å²) in [6.45, 7) is 0. The van der Waals surface area contributed by atoms with Gasteiger partial charge >= 0.3 is 0 Å². The summed E-state index contributed by atoms with van der Waals surface area (Å²) in [5.74, 6) is 0.656. The first-order valence-electron chi connectivity index (χ1n) is 14.7. The van der Waals surface area contributed by atoms with E-state index in [0.717, 1.165) is 33.7 Å². The van der Waals surface area contributed by atoms with Crippen LogP contribution in [0.25, 0.3) is 0 Å². The van der Waals surface area contributed by atoms with E-state index in [1.54, 1.807) is 0 Å². The molecule has 0 aromatic heterocycles. The third kappa shape index (κ3) is 7.44. The molecule has 0 aliphatic rings. The van der Waals surface area contributed by atoms with Crippen LogP contribution in [0.15, 0.2) is 190 Å². The van der Waals surface area contributed by atoms with Crippen LogP contribution in [0.2, 0.25) is 10.0 Å². The van der Waals surface area contributed by atoms with E-state index in [2.05, 4.69) is 0 Å². The third-order valence-electron chi connectivity index (χ3n) is 7.09. The quantitative estimate of drug-likeness (QED) is 0.0953. The highest BCUT2D eigenvalue weighted by atomic mass is 35.5. The molecule has 0 atom stereocenters. The number of rotatable bonds is 7. The Labute approximate surface area is 278 Å². The van der Waals surface area contributed by atoms with Crippen LogP contribution in [0.1, 0.15) is 33.4 Å². The Kier molecular flexibility index (Phi) is 10.0. The van der Waals surface area contributed by atoms with Gasteiger partial charge in [-0.2, -0.15) is 0 Å². The number of hydrogen-bond acceptors (Lipinski definition) is 2. The summed E-state index contributed by atoms with van der Waals surface area (Å²) in [6.07, 6.45) is 0. The lowest BCUT2D eigenvalue weighted by Crippen LogP contribution is -2.10. The van der Waals surface area contributed by atoms with Crippen molar-refractivity contribution in [3.8, 4) is 0 Å². The predicted molar refractivity (Wildman–Crippen MR) is 193 cm³/mol. The van der Waals surface area contributed by atoms with Crippen LogP contribution in [-0.2, 0) is 0 Å². The van der Waals surface area contributed by atoms with Crippen molar-refractivity contribution in [2.75, 3.05) is 0 Å². The number of hydrogen-bond donors (Lipinski definition) is 0. The van der Waals surface area contributed by atoms with Crippen molar-refractivity contribution in [3.05, 3.63) is 213 Å². The number of amidine groups is 2. The molecule has 6 aromatic rings. The summed E-state index contributed by atoms with van der Waals surface area (Å²) in [6, 6.07) is 54.9. The highest BCUT2D eigenvalue weighted by Crippen LogP contribution is 2.22. The Morgan fingerprint density at radius 1 is 0.326 bits per heavy atom. The zero-order chi connectivity index (χ0) is 31.6. The third-order valence-corrected chi connectivity index (χ3v) is 7.75. The van der Waals surface area contributed by atoms with Gasteiger partial charge in [-0.25, -0.2) is 9.98 Å². The molecule has 0 fully saturated rings. The molecule has 6 heteroatoms. The van der Waals surface area contributed by atoms with Crippen molar-refractivity contribution < 1.29 is 0 Å². The van der Waals surface area contributed by atoms with Gasteiger partial charge in [0.05, 0.1) is 21.5 Å². The van der Waals surface area contributed by atoms with E-state index in [1.165, 1.54) is 0 Å². The molecule has 0 spiro atoms. The molecule has 0 bridgehead atoms. The van der Waals surface area contributed by atoms with E-state index >= 15 is 0 Å². The average Bonchev–Trinajstić information content (AvgIpc) is 3.12. The first kappa shape index (κ1) is 30.6. The fourth-order valence-corrected chi connectivity index (χ4v) is 5.28. The summed E-state index contributed by atoms with van der Waals surface area (Å²) >= 11 is 13.5. The van der Waals surface area contributed by atoms with E-state index in [-0.39, 0.29) is 0 Å². The maximum Gasteiger partial charge on any atom is 0.183 e. The van der Waals surface area contributed by atoms with E-state index in [4.69, 9.17) is 43.4 Å². The minimum Gasteiger partial charge on any atom is -0.226 e. The Hall–Kier alpha value is -5.42. The number of benzene rings is 6. The molecule has 0 saturated heterocycles. The second kappa shape index (κ2) is 15.0. The molecule has 6 rings (SSSR count). The molecular formula is C40H28Cl2N4. The lowest BCUT2D eigenvalue weighted by molar-refractivity contribution is 1.20. The molecule has 0 heterocycles. The van der Waals surface area contributed by atoms with Gasteiger partial charge in [0.15, 0.2) is 11.7 Å². The van der Waals surface area contributed by atoms with Crippen LogP contribution < -0.4 is 0 Å². The minimum atomic E-state index is 0.328. The van der Waals surface area contributed by atoms with Crippen molar-refractivity contribution in [1.82, 2.24) is 0 Å². The molecule has 0 radical (unpaired) electrons. The number of aliphatic imine (C=N–C) groups is 2. The van der Waals surface area contributed by atoms with E-state index < -0.39 is 0 Å². The first-order valence-corrected chi connectivity index (χ1v) is 15.5. The number of halogens is 2. The monoisotopic (exact) mass is 634 g/mol. The van der Waals surface area contributed by atoms with Gasteiger partial charge in [0.1, 0.15) is 0 Å². The summed E-state index contributed by atoms with van der Waals surface area (Å²) in [7, 11) is 0. The van der Waals surface area contributed by atoms with Crippen LogP contribution in [0.5, 0.6) is 0 Å². The topological polar surface area (TPSA) is 49.4 Å². The zero-order valence-electron chi connectivity index (χ0n) is 24.7. The van der Waals surface area contributed by atoms with Crippen LogP contribution in [0, 0.1) is 0 Å². The average molecular weight is 636 g/mol. The molecule has 0 N–H and O–H groups in total. The predicted octanol–water partition coefficient (Wildman–Crippen LogP) is 10.2. The van der Waals surface area contributed by atoms with Crippen LogP contribution in [-0.4, -0.2) is 23.1 Å². The molecule has 222 valence electrons. The fraction of sp³-hybridized carbons (Fsp3) is 0. The van der Waals surface area contributed by atoms with Crippen molar-refractivity contribution >= 4 is 46.3 Å². The summed E-state index contributed by atoms with van der Waals surface area (Å²) in [5.41, 5.74) is 6.43. The van der Waals surface area contributed by atoms with Gasteiger partial charge in [-0.1, -0.05) is 169 Å². The first-order chi connectivity index (χ1) is 22.7. The van der Waals surface area contributed by atoms with Crippen molar-refractivity contribution in [2.45, 2.75) is 0 Å². The highest BCUT2D eigenvalue weighted by molar-refractivity contribution is 6.35. The van der Waals surface area contributed by atoms with Gasteiger partial charge < -0.3 is 0 Å². The lowest BCUT2D eigenvalue weighted by Gasteiger charge is -2.11. The minimum absolute atomic E-state index is 0.328. The normalized spacial score (nSPS) is 11.5. The van der Waals surface area contributed by atoms with Crippen molar-refractivity contribution in [3.63, 3.8) is 0 Å². The SMILES string of the molecule is Clc1ccccc1C(N=C(c1ccccc1)c1ccccc1)=NN=C(N=C(c1ccccc1)c1ccccc1)c1ccccc1Cl. The Morgan fingerprint density at radius 3 is 0.870 bits per heavy atom. The fourth-order valence-electron chi connectivity index (χ4n) is 4.84. The van der Waals surface area contributed by atoms with Gasteiger partial charge in [0.2, 0.25) is 0 Å². The lowest BCUT2D eigenvalue weighted by atomic mass is 10.0. The summed E-state index contributed by atoms with van der Waals surface area (Å²) < 4.78 is 0. The molecule has 0 aliphatic carbocycles. The molecule has 46 heavy (non-hydrogen) atoms. The van der Waals surface area contributed by atoms with Crippen LogP contribution in [0.4, 0.5) is 0 Å². The maximum atomic E-state index is 6.75. The van der Waals surface area contributed by atoms with Gasteiger partial charge in [0.25, 0.3) is 0 Å². The smallest absolute Gasteiger partial charge is 0.183 e. The molecule has 0 saturated carbocycles. The second-order valence-corrected chi connectivity index (χ2v) is 11.0. The molecule has 0 aliphatic heterocycles. The Morgan fingerprint density at radius 2 is 0.587 bits per heavy atom. The summed E-state index contributed by atoms with van der Waals surface area (Å²) in [4.78, 5) is 10.2. The molecular weight excluding hydrogens is 607 g/mol. The standard InChI is InChI=1S/C40H28Cl2N4/c41-35-27-15-13-25-33(35)39(43-37(29-17-5-1-6-18-29)30-19-7-2-8-20-30)45-46-40(34-26-14-16-28-36(34)42)44-38(31-21-9-3-10-22-31)32-23-11-4-12-24-32/h1-28H. The molecule has 0 unspecified atom stereocenters. The van der Waals surface area contributed by atoms with Crippen LogP contribution in [0.3, 0.4) is 0 Å². The molecule has 0 amide bonds. The van der Waals surface area contributed by atoms with Gasteiger partial charge in [0, 0.05) is 33.4 Å².